The number of carbonyl (C=O) groups excluding carboxylic acids is 1. The summed E-state index contributed by atoms with van der Waals surface area (Å²) >= 11 is 0. The summed E-state index contributed by atoms with van der Waals surface area (Å²) in [5.74, 6) is -1.14. The number of aromatic nitrogens is 1. The number of hydrogen-bond acceptors (Lipinski definition) is 3. The molecule has 0 fully saturated rings. The molecule has 0 aliphatic heterocycles. The summed E-state index contributed by atoms with van der Waals surface area (Å²) in [6.07, 6.45) is 4.33. The fraction of sp³-hybridized carbons (Fsp3) is 0.188. The van der Waals surface area contributed by atoms with Gasteiger partial charge in [-0.15, -0.1) is 0 Å². The summed E-state index contributed by atoms with van der Waals surface area (Å²) in [6, 6.07) is 8.57. The highest BCUT2D eigenvalue weighted by atomic mass is 16.4. The van der Waals surface area contributed by atoms with E-state index < -0.39 is 5.97 Å². The van der Waals surface area contributed by atoms with E-state index in [0.29, 0.717) is 24.1 Å². The number of carbonyl (C=O) groups is 2. The van der Waals surface area contributed by atoms with E-state index in [2.05, 4.69) is 10.3 Å². The first-order chi connectivity index (χ1) is 10.1. The lowest BCUT2D eigenvalue weighted by Crippen LogP contribution is -2.14. The Bertz CT molecular complexity index is 654. The van der Waals surface area contributed by atoms with Crippen molar-refractivity contribution in [1.82, 2.24) is 4.98 Å². The highest BCUT2D eigenvalue weighted by Crippen LogP contribution is 2.19. The molecular weight excluding hydrogens is 268 g/mol. The second-order valence-corrected chi connectivity index (χ2v) is 4.69. The lowest BCUT2D eigenvalue weighted by molar-refractivity contribution is -0.116. The van der Waals surface area contributed by atoms with E-state index in [-0.39, 0.29) is 11.5 Å². The first kappa shape index (κ1) is 14.7. The van der Waals surface area contributed by atoms with Crippen LogP contribution in [0.3, 0.4) is 0 Å². The number of nitrogens with zero attached hydrogens (tertiary/aromatic N) is 1. The summed E-state index contributed by atoms with van der Waals surface area (Å²) in [5.41, 5.74) is 2.33. The van der Waals surface area contributed by atoms with Gasteiger partial charge in [-0.2, -0.15) is 0 Å². The van der Waals surface area contributed by atoms with E-state index in [4.69, 9.17) is 5.11 Å². The third kappa shape index (κ3) is 3.89. The van der Waals surface area contributed by atoms with Crippen molar-refractivity contribution in [3.05, 3.63) is 59.4 Å². The molecular formula is C16H16N2O3. The molecule has 0 saturated carbocycles. The highest BCUT2D eigenvalue weighted by Gasteiger charge is 2.11. The monoisotopic (exact) mass is 284 g/mol. The van der Waals surface area contributed by atoms with Crippen molar-refractivity contribution in [2.24, 2.45) is 0 Å². The number of carboxylic acid groups (broad SMARTS) is 1. The topological polar surface area (TPSA) is 79.3 Å². The number of amides is 1. The predicted molar refractivity (Wildman–Crippen MR) is 79.3 cm³/mol. The Kier molecular flexibility index (Phi) is 4.66. The number of aromatic carboxylic acids is 1. The van der Waals surface area contributed by atoms with Gasteiger partial charge in [0.25, 0.3) is 0 Å². The molecule has 0 atom stereocenters. The smallest absolute Gasteiger partial charge is 0.336 e. The maximum Gasteiger partial charge on any atom is 0.336 e. The minimum absolute atomic E-state index is 0.141. The largest absolute Gasteiger partial charge is 0.478 e. The first-order valence-corrected chi connectivity index (χ1v) is 6.59. The van der Waals surface area contributed by atoms with E-state index in [9.17, 15) is 9.59 Å². The maximum absolute atomic E-state index is 11.9. The molecule has 0 saturated heterocycles. The SMILES string of the molecule is Cc1c(NC(=O)CCc2ccncc2)cccc1C(=O)O. The quantitative estimate of drug-likeness (QED) is 0.884. The van der Waals surface area contributed by atoms with Gasteiger partial charge >= 0.3 is 5.97 Å². The maximum atomic E-state index is 11.9. The van der Waals surface area contributed by atoms with Crippen molar-refractivity contribution < 1.29 is 14.7 Å². The van der Waals surface area contributed by atoms with Gasteiger partial charge < -0.3 is 10.4 Å². The Balaban J connectivity index is 2.00. The van der Waals surface area contributed by atoms with Gasteiger partial charge in [-0.25, -0.2) is 4.79 Å². The molecule has 5 nitrogen and oxygen atoms in total. The number of carboxylic acids is 1. The molecule has 1 heterocycles. The van der Waals surface area contributed by atoms with Crippen molar-refractivity contribution in [3.63, 3.8) is 0 Å². The lowest BCUT2D eigenvalue weighted by atomic mass is 10.1. The minimum Gasteiger partial charge on any atom is -0.478 e. The average molecular weight is 284 g/mol. The summed E-state index contributed by atoms with van der Waals surface area (Å²) < 4.78 is 0. The molecule has 2 aromatic rings. The van der Waals surface area contributed by atoms with Gasteiger partial charge in [0, 0.05) is 24.5 Å². The molecule has 0 spiro atoms. The predicted octanol–water partition coefficient (Wildman–Crippen LogP) is 2.66. The van der Waals surface area contributed by atoms with E-state index in [0.717, 1.165) is 5.56 Å². The molecule has 0 aliphatic rings. The van der Waals surface area contributed by atoms with E-state index in [1.807, 2.05) is 12.1 Å². The Hall–Kier alpha value is -2.69. The zero-order chi connectivity index (χ0) is 15.2. The Morgan fingerprint density at radius 2 is 1.90 bits per heavy atom. The van der Waals surface area contributed by atoms with Gasteiger partial charge in [0.1, 0.15) is 0 Å². The molecule has 21 heavy (non-hydrogen) atoms. The van der Waals surface area contributed by atoms with Crippen LogP contribution < -0.4 is 5.32 Å². The molecule has 2 N–H and O–H groups in total. The second-order valence-electron chi connectivity index (χ2n) is 4.69. The van der Waals surface area contributed by atoms with Gasteiger partial charge in [0.2, 0.25) is 5.91 Å². The molecule has 1 aromatic carbocycles. The lowest BCUT2D eigenvalue weighted by Gasteiger charge is -2.10. The summed E-state index contributed by atoms with van der Waals surface area (Å²) in [7, 11) is 0. The van der Waals surface area contributed by atoms with Crippen molar-refractivity contribution in [3.8, 4) is 0 Å². The third-order valence-electron chi connectivity index (χ3n) is 3.23. The fourth-order valence-electron chi connectivity index (χ4n) is 2.02. The fourth-order valence-corrected chi connectivity index (χ4v) is 2.02. The number of rotatable bonds is 5. The van der Waals surface area contributed by atoms with Crippen LogP contribution >= 0.6 is 0 Å². The zero-order valence-corrected chi connectivity index (χ0v) is 11.7. The Morgan fingerprint density at radius 3 is 2.57 bits per heavy atom. The van der Waals surface area contributed by atoms with E-state index >= 15 is 0 Å². The van der Waals surface area contributed by atoms with Crippen LogP contribution in [0.2, 0.25) is 0 Å². The zero-order valence-electron chi connectivity index (χ0n) is 11.7. The Morgan fingerprint density at radius 1 is 1.19 bits per heavy atom. The van der Waals surface area contributed by atoms with Crippen LogP contribution in [0.1, 0.15) is 27.9 Å². The molecule has 5 heteroatoms. The van der Waals surface area contributed by atoms with Crippen LogP contribution in [-0.4, -0.2) is 22.0 Å². The molecule has 2 rings (SSSR count). The van der Waals surface area contributed by atoms with Crippen LogP contribution in [0.15, 0.2) is 42.7 Å². The standard InChI is InChI=1S/C16H16N2O3/c1-11-13(16(20)21)3-2-4-14(11)18-15(19)6-5-12-7-9-17-10-8-12/h2-4,7-10H,5-6H2,1H3,(H,18,19)(H,20,21). The normalized spacial score (nSPS) is 10.1. The average Bonchev–Trinajstić information content (AvgIpc) is 2.48. The van der Waals surface area contributed by atoms with Gasteiger partial charge in [-0.3, -0.25) is 9.78 Å². The first-order valence-electron chi connectivity index (χ1n) is 6.59. The Labute approximate surface area is 122 Å². The van der Waals surface area contributed by atoms with Crippen molar-refractivity contribution >= 4 is 17.6 Å². The molecule has 0 radical (unpaired) electrons. The number of anilines is 1. The van der Waals surface area contributed by atoms with Crippen LogP contribution in [0, 0.1) is 6.92 Å². The van der Waals surface area contributed by atoms with Gasteiger partial charge in [-0.1, -0.05) is 6.07 Å². The van der Waals surface area contributed by atoms with Crippen LogP contribution in [0.25, 0.3) is 0 Å². The summed E-state index contributed by atoms with van der Waals surface area (Å²) in [6.45, 7) is 1.68. The third-order valence-corrected chi connectivity index (χ3v) is 3.23. The van der Waals surface area contributed by atoms with Crippen LogP contribution in [-0.2, 0) is 11.2 Å². The summed E-state index contributed by atoms with van der Waals surface area (Å²) in [5, 5.41) is 11.8. The van der Waals surface area contributed by atoms with E-state index in [1.54, 1.807) is 31.5 Å². The second kappa shape index (κ2) is 6.65. The summed E-state index contributed by atoms with van der Waals surface area (Å²) in [4.78, 5) is 26.9. The number of hydrogen-bond donors (Lipinski definition) is 2. The minimum atomic E-state index is -1.000. The van der Waals surface area contributed by atoms with Crippen molar-refractivity contribution in [2.75, 3.05) is 5.32 Å². The highest BCUT2D eigenvalue weighted by molar-refractivity contribution is 5.96. The van der Waals surface area contributed by atoms with E-state index in [1.165, 1.54) is 6.07 Å². The number of benzene rings is 1. The van der Waals surface area contributed by atoms with Crippen LogP contribution in [0.4, 0.5) is 5.69 Å². The molecule has 0 unspecified atom stereocenters. The molecule has 1 amide bonds. The van der Waals surface area contributed by atoms with Crippen molar-refractivity contribution in [1.29, 1.82) is 0 Å². The number of aryl methyl sites for hydroxylation is 1. The van der Waals surface area contributed by atoms with Crippen molar-refractivity contribution in [2.45, 2.75) is 19.8 Å². The molecule has 0 aliphatic carbocycles. The van der Waals surface area contributed by atoms with Gasteiger partial charge in [0.15, 0.2) is 0 Å². The molecule has 108 valence electrons. The molecule has 1 aromatic heterocycles. The van der Waals surface area contributed by atoms with Gasteiger partial charge in [0.05, 0.1) is 5.56 Å². The number of nitrogens with one attached hydrogen (secondary N) is 1. The molecule has 0 bridgehead atoms. The van der Waals surface area contributed by atoms with Crippen LogP contribution in [0.5, 0.6) is 0 Å². The number of pyridine rings is 1. The van der Waals surface area contributed by atoms with Gasteiger partial charge in [-0.05, 0) is 48.7 Å².